The van der Waals surface area contributed by atoms with Gasteiger partial charge in [-0.3, -0.25) is 4.90 Å². The summed E-state index contributed by atoms with van der Waals surface area (Å²) in [4.78, 5) is 13.2. The minimum atomic E-state index is -1.23. The van der Waals surface area contributed by atoms with E-state index in [0.717, 1.165) is 31.5 Å². The number of ether oxygens (including phenoxy) is 1. The van der Waals surface area contributed by atoms with Gasteiger partial charge in [-0.2, -0.15) is 0 Å². The summed E-state index contributed by atoms with van der Waals surface area (Å²) in [5, 5.41) is 8.93. The van der Waals surface area contributed by atoms with Crippen molar-refractivity contribution in [3.8, 4) is 0 Å². The van der Waals surface area contributed by atoms with Crippen LogP contribution in [0.15, 0.2) is 18.2 Å². The minimum absolute atomic E-state index is 0.244. The smallest absolute Gasteiger partial charge is 0.338 e. The molecule has 1 aromatic carbocycles. The number of piperidine rings is 1. The number of likely N-dealkylation sites (tertiary alicyclic amines) is 1. The fourth-order valence-corrected chi connectivity index (χ4v) is 2.62. The molecule has 20 heavy (non-hydrogen) atoms. The van der Waals surface area contributed by atoms with E-state index in [9.17, 15) is 9.18 Å². The lowest BCUT2D eigenvalue weighted by molar-refractivity contribution is 0.00361. The molecule has 110 valence electrons. The molecule has 4 nitrogen and oxygen atoms in total. The van der Waals surface area contributed by atoms with Gasteiger partial charge < -0.3 is 9.84 Å². The number of carboxylic acid groups (broad SMARTS) is 1. The molecule has 0 spiro atoms. The molecule has 0 aromatic heterocycles. The second-order valence-electron chi connectivity index (χ2n) is 5.07. The number of aromatic carboxylic acids is 1. The Kier molecular flexibility index (Phi) is 5.09. The summed E-state index contributed by atoms with van der Waals surface area (Å²) in [7, 11) is 0. The molecule has 0 amide bonds. The molecule has 1 saturated heterocycles. The van der Waals surface area contributed by atoms with Crippen LogP contribution in [-0.2, 0) is 11.3 Å². The van der Waals surface area contributed by atoms with E-state index in [1.54, 1.807) is 6.07 Å². The molecule has 0 radical (unpaired) electrons. The lowest BCUT2D eigenvalue weighted by Gasteiger charge is -2.32. The highest BCUT2D eigenvalue weighted by Gasteiger charge is 2.20. The summed E-state index contributed by atoms with van der Waals surface area (Å²) < 4.78 is 19.0. The van der Waals surface area contributed by atoms with Crippen molar-refractivity contribution in [3.63, 3.8) is 0 Å². The van der Waals surface area contributed by atoms with Gasteiger partial charge in [-0.1, -0.05) is 6.07 Å². The van der Waals surface area contributed by atoms with Crippen molar-refractivity contribution in [2.75, 3.05) is 19.7 Å². The van der Waals surface area contributed by atoms with Crippen molar-refractivity contribution >= 4 is 5.97 Å². The zero-order valence-electron chi connectivity index (χ0n) is 11.6. The molecular weight excluding hydrogens is 261 g/mol. The van der Waals surface area contributed by atoms with Gasteiger partial charge in [0.05, 0.1) is 11.7 Å². The Bertz CT molecular complexity index is 476. The van der Waals surface area contributed by atoms with E-state index in [2.05, 4.69) is 4.90 Å². The fourth-order valence-electron chi connectivity index (χ4n) is 2.62. The van der Waals surface area contributed by atoms with Gasteiger partial charge in [-0.25, -0.2) is 9.18 Å². The van der Waals surface area contributed by atoms with Gasteiger partial charge in [0.1, 0.15) is 5.82 Å². The molecule has 1 atom stereocenters. The van der Waals surface area contributed by atoms with Gasteiger partial charge in [0.25, 0.3) is 0 Å². The predicted molar refractivity (Wildman–Crippen MR) is 73.3 cm³/mol. The second kappa shape index (κ2) is 6.81. The molecule has 0 aliphatic carbocycles. The van der Waals surface area contributed by atoms with Gasteiger partial charge in [-0.05, 0) is 44.0 Å². The highest BCUT2D eigenvalue weighted by molar-refractivity contribution is 5.88. The Hall–Kier alpha value is -1.46. The van der Waals surface area contributed by atoms with Crippen molar-refractivity contribution in [1.82, 2.24) is 4.90 Å². The Morgan fingerprint density at radius 3 is 3.05 bits per heavy atom. The van der Waals surface area contributed by atoms with Gasteiger partial charge in [0.2, 0.25) is 0 Å². The lowest BCUT2D eigenvalue weighted by Crippen LogP contribution is -2.39. The number of carboxylic acids is 1. The van der Waals surface area contributed by atoms with E-state index in [1.165, 1.54) is 12.1 Å². The van der Waals surface area contributed by atoms with Crippen molar-refractivity contribution in [3.05, 3.63) is 35.1 Å². The quantitative estimate of drug-likeness (QED) is 0.901. The Labute approximate surface area is 118 Å². The van der Waals surface area contributed by atoms with Crippen LogP contribution in [0.4, 0.5) is 4.39 Å². The molecule has 2 rings (SSSR count). The Balaban J connectivity index is 2.02. The van der Waals surface area contributed by atoms with Crippen LogP contribution in [-0.4, -0.2) is 41.8 Å². The molecule has 1 fully saturated rings. The molecule has 1 aliphatic rings. The molecule has 1 unspecified atom stereocenters. The maximum Gasteiger partial charge on any atom is 0.338 e. The molecule has 1 heterocycles. The van der Waals surface area contributed by atoms with Crippen LogP contribution in [0.2, 0.25) is 0 Å². The molecule has 1 aliphatic heterocycles. The van der Waals surface area contributed by atoms with Crippen LogP contribution in [0.5, 0.6) is 0 Å². The lowest BCUT2D eigenvalue weighted by atomic mass is 10.1. The number of halogens is 1. The van der Waals surface area contributed by atoms with Crippen LogP contribution in [0.25, 0.3) is 0 Å². The normalized spacial score (nSPS) is 20.0. The van der Waals surface area contributed by atoms with E-state index < -0.39 is 11.8 Å². The summed E-state index contributed by atoms with van der Waals surface area (Å²) in [5.41, 5.74) is 0.557. The minimum Gasteiger partial charge on any atom is -0.478 e. The average Bonchev–Trinajstić information content (AvgIpc) is 2.41. The van der Waals surface area contributed by atoms with Crippen LogP contribution in [0.1, 0.15) is 35.7 Å². The van der Waals surface area contributed by atoms with Crippen LogP contribution < -0.4 is 0 Å². The number of carbonyl (C=O) groups is 1. The number of hydrogen-bond acceptors (Lipinski definition) is 3. The van der Waals surface area contributed by atoms with Crippen LogP contribution in [0, 0.1) is 5.82 Å². The first-order valence-electron chi connectivity index (χ1n) is 6.95. The van der Waals surface area contributed by atoms with Crippen LogP contribution in [0.3, 0.4) is 0 Å². The number of hydrogen-bond donors (Lipinski definition) is 1. The molecule has 0 saturated carbocycles. The van der Waals surface area contributed by atoms with Gasteiger partial charge in [0, 0.05) is 19.7 Å². The first kappa shape index (κ1) is 14.9. The third-order valence-electron chi connectivity index (χ3n) is 3.53. The number of rotatable bonds is 5. The van der Waals surface area contributed by atoms with E-state index in [0.29, 0.717) is 13.2 Å². The van der Waals surface area contributed by atoms with Crippen LogP contribution >= 0.6 is 0 Å². The van der Waals surface area contributed by atoms with E-state index in [4.69, 9.17) is 9.84 Å². The summed E-state index contributed by atoms with van der Waals surface area (Å²) in [6.07, 6.45) is 2.37. The molecule has 5 heteroatoms. The fraction of sp³-hybridized carbons (Fsp3) is 0.533. The molecule has 1 aromatic rings. The largest absolute Gasteiger partial charge is 0.478 e. The van der Waals surface area contributed by atoms with Gasteiger partial charge >= 0.3 is 5.97 Å². The highest BCUT2D eigenvalue weighted by Crippen LogP contribution is 2.18. The summed E-state index contributed by atoms with van der Waals surface area (Å²) >= 11 is 0. The van der Waals surface area contributed by atoms with Crippen molar-refractivity contribution < 1.29 is 19.0 Å². The van der Waals surface area contributed by atoms with E-state index in [1.807, 2.05) is 6.92 Å². The summed E-state index contributed by atoms with van der Waals surface area (Å²) in [6.45, 7) is 5.12. The van der Waals surface area contributed by atoms with Crippen molar-refractivity contribution in [1.29, 1.82) is 0 Å². The van der Waals surface area contributed by atoms with Crippen molar-refractivity contribution in [2.45, 2.75) is 32.4 Å². The predicted octanol–water partition coefficient (Wildman–Crippen LogP) is 2.52. The third-order valence-corrected chi connectivity index (χ3v) is 3.53. The first-order valence-corrected chi connectivity index (χ1v) is 6.95. The number of benzene rings is 1. The Morgan fingerprint density at radius 2 is 2.35 bits per heavy atom. The first-order chi connectivity index (χ1) is 9.60. The van der Waals surface area contributed by atoms with Gasteiger partial charge in [0.15, 0.2) is 0 Å². The summed E-state index contributed by atoms with van der Waals surface area (Å²) in [6, 6.07) is 4.29. The van der Waals surface area contributed by atoms with Crippen molar-refractivity contribution in [2.24, 2.45) is 0 Å². The Morgan fingerprint density at radius 1 is 1.55 bits per heavy atom. The molecular formula is C15H20FNO3. The summed E-state index contributed by atoms with van der Waals surface area (Å²) in [5.74, 6) is -1.91. The van der Waals surface area contributed by atoms with E-state index in [-0.39, 0.29) is 11.7 Å². The molecule has 0 bridgehead atoms. The maximum absolute atomic E-state index is 13.3. The monoisotopic (exact) mass is 281 g/mol. The zero-order valence-corrected chi connectivity index (χ0v) is 11.6. The highest BCUT2D eigenvalue weighted by atomic mass is 19.1. The zero-order chi connectivity index (χ0) is 14.5. The topological polar surface area (TPSA) is 49.8 Å². The van der Waals surface area contributed by atoms with E-state index >= 15 is 0 Å². The maximum atomic E-state index is 13.3. The van der Waals surface area contributed by atoms with Gasteiger partial charge in [-0.15, -0.1) is 0 Å². The average molecular weight is 281 g/mol. The number of nitrogens with zero attached hydrogens (tertiary/aromatic N) is 1. The SMILES string of the molecule is CCOC1CCCN(Cc2ccc(F)c(C(=O)O)c2)C1. The second-order valence-corrected chi connectivity index (χ2v) is 5.07. The third kappa shape index (κ3) is 3.77. The standard InChI is InChI=1S/C15H20FNO3/c1-2-20-12-4-3-7-17(10-12)9-11-5-6-14(16)13(8-11)15(18)19/h5-6,8,12H,2-4,7,9-10H2,1H3,(H,18,19). The molecule has 1 N–H and O–H groups in total.